The van der Waals surface area contributed by atoms with Crippen LogP contribution in [0.25, 0.3) is 5.65 Å². The van der Waals surface area contributed by atoms with Gasteiger partial charge in [0, 0.05) is 24.2 Å². The molecule has 0 unspecified atom stereocenters. The summed E-state index contributed by atoms with van der Waals surface area (Å²) in [5.74, 6) is 1.72. The molecule has 2 heterocycles. The summed E-state index contributed by atoms with van der Waals surface area (Å²) in [6, 6.07) is 4.01. The molecule has 4 nitrogen and oxygen atoms in total. The van der Waals surface area contributed by atoms with E-state index in [1.54, 1.807) is 0 Å². The Balaban J connectivity index is 2.25. The Bertz CT molecular complexity index is 470. The molecule has 1 fully saturated rings. The molecule has 0 aliphatic heterocycles. The van der Waals surface area contributed by atoms with Gasteiger partial charge in [-0.3, -0.25) is 4.40 Å². The van der Waals surface area contributed by atoms with E-state index in [9.17, 15) is 0 Å². The van der Waals surface area contributed by atoms with E-state index < -0.39 is 0 Å². The smallest absolute Gasteiger partial charge is 0.165 e. The van der Waals surface area contributed by atoms with Gasteiger partial charge in [0.1, 0.15) is 5.82 Å². The molecular formula is C10H12N4. The van der Waals surface area contributed by atoms with Gasteiger partial charge in [-0.15, -0.1) is 10.2 Å². The Kier molecular flexibility index (Phi) is 1.58. The van der Waals surface area contributed by atoms with E-state index in [1.807, 2.05) is 18.3 Å². The van der Waals surface area contributed by atoms with Crippen LogP contribution in [0, 0.1) is 0 Å². The Labute approximate surface area is 81.8 Å². The fraction of sp³-hybridized carbons (Fsp3) is 0.400. The van der Waals surface area contributed by atoms with Crippen molar-refractivity contribution in [1.29, 1.82) is 0 Å². The van der Waals surface area contributed by atoms with Crippen LogP contribution < -0.4 is 5.73 Å². The topological polar surface area (TPSA) is 56.2 Å². The van der Waals surface area contributed by atoms with Gasteiger partial charge in [-0.05, 0) is 18.9 Å². The maximum Gasteiger partial charge on any atom is 0.165 e. The zero-order chi connectivity index (χ0) is 9.54. The largest absolute Gasteiger partial charge is 0.326 e. The molecule has 0 aromatic carbocycles. The molecule has 1 aliphatic carbocycles. The summed E-state index contributed by atoms with van der Waals surface area (Å²) in [6.45, 7) is 0.521. The van der Waals surface area contributed by atoms with Gasteiger partial charge in [-0.1, -0.05) is 6.07 Å². The Morgan fingerprint density at radius 2 is 2.29 bits per heavy atom. The number of rotatable bonds is 2. The molecule has 2 N–H and O–H groups in total. The molecule has 14 heavy (non-hydrogen) atoms. The van der Waals surface area contributed by atoms with E-state index in [2.05, 4.69) is 14.6 Å². The molecule has 0 radical (unpaired) electrons. The summed E-state index contributed by atoms with van der Waals surface area (Å²) in [5.41, 5.74) is 7.61. The van der Waals surface area contributed by atoms with Gasteiger partial charge >= 0.3 is 0 Å². The van der Waals surface area contributed by atoms with Crippen LogP contribution in [0.1, 0.15) is 30.1 Å². The van der Waals surface area contributed by atoms with Crippen molar-refractivity contribution in [3.05, 3.63) is 29.7 Å². The molecule has 2 aromatic rings. The normalized spacial score (nSPS) is 16.4. The van der Waals surface area contributed by atoms with Crippen LogP contribution in [0.3, 0.4) is 0 Å². The van der Waals surface area contributed by atoms with Gasteiger partial charge in [0.15, 0.2) is 5.65 Å². The number of nitrogens with zero attached hydrogens (tertiary/aromatic N) is 3. The summed E-state index contributed by atoms with van der Waals surface area (Å²) in [5, 5.41) is 8.41. The second-order valence-electron chi connectivity index (χ2n) is 3.76. The minimum absolute atomic E-state index is 0.521. The van der Waals surface area contributed by atoms with Gasteiger partial charge in [0.25, 0.3) is 0 Å². The monoisotopic (exact) mass is 188 g/mol. The third kappa shape index (κ3) is 1.04. The first-order chi connectivity index (χ1) is 6.90. The van der Waals surface area contributed by atoms with Gasteiger partial charge in [0.2, 0.25) is 0 Å². The van der Waals surface area contributed by atoms with Crippen molar-refractivity contribution in [3.8, 4) is 0 Å². The summed E-state index contributed by atoms with van der Waals surface area (Å²) >= 11 is 0. The predicted octanol–water partition coefficient (Wildman–Crippen LogP) is 1.07. The highest BCUT2D eigenvalue weighted by Gasteiger charge is 2.28. The number of hydrogen-bond donors (Lipinski definition) is 1. The van der Waals surface area contributed by atoms with Gasteiger partial charge < -0.3 is 5.73 Å². The zero-order valence-electron chi connectivity index (χ0n) is 7.85. The molecule has 0 bridgehead atoms. The lowest BCUT2D eigenvalue weighted by Crippen LogP contribution is -2.00. The van der Waals surface area contributed by atoms with E-state index in [0.29, 0.717) is 12.5 Å². The molecule has 0 atom stereocenters. The molecule has 4 heteroatoms. The maximum absolute atomic E-state index is 5.64. The third-order valence-corrected chi connectivity index (χ3v) is 2.70. The quantitative estimate of drug-likeness (QED) is 0.766. The first-order valence-corrected chi connectivity index (χ1v) is 4.92. The lowest BCUT2D eigenvalue weighted by atomic mass is 10.2. The van der Waals surface area contributed by atoms with Crippen LogP contribution in [0.2, 0.25) is 0 Å². The fourth-order valence-corrected chi connectivity index (χ4v) is 1.77. The van der Waals surface area contributed by atoms with Crippen LogP contribution in [0.4, 0.5) is 0 Å². The molecule has 72 valence electrons. The van der Waals surface area contributed by atoms with E-state index in [0.717, 1.165) is 17.0 Å². The molecule has 1 aliphatic rings. The van der Waals surface area contributed by atoms with Crippen LogP contribution in [-0.4, -0.2) is 14.6 Å². The average molecular weight is 188 g/mol. The van der Waals surface area contributed by atoms with Crippen LogP contribution in [0.15, 0.2) is 18.3 Å². The fourth-order valence-electron chi connectivity index (χ4n) is 1.77. The first kappa shape index (κ1) is 7.94. The van der Waals surface area contributed by atoms with Gasteiger partial charge in [-0.2, -0.15) is 0 Å². The highest BCUT2D eigenvalue weighted by atomic mass is 15.3. The van der Waals surface area contributed by atoms with Crippen molar-refractivity contribution in [2.24, 2.45) is 5.73 Å². The first-order valence-electron chi connectivity index (χ1n) is 4.92. The molecule has 3 rings (SSSR count). The van der Waals surface area contributed by atoms with Gasteiger partial charge in [-0.25, -0.2) is 0 Å². The van der Waals surface area contributed by atoms with Crippen molar-refractivity contribution in [2.45, 2.75) is 25.3 Å². The molecule has 0 amide bonds. The predicted molar refractivity (Wildman–Crippen MR) is 52.9 cm³/mol. The second kappa shape index (κ2) is 2.78. The Morgan fingerprint density at radius 1 is 1.43 bits per heavy atom. The molecular weight excluding hydrogens is 176 g/mol. The molecule has 0 saturated heterocycles. The second-order valence-corrected chi connectivity index (χ2v) is 3.76. The van der Waals surface area contributed by atoms with E-state index in [-0.39, 0.29) is 0 Å². The molecule has 2 aromatic heterocycles. The van der Waals surface area contributed by atoms with E-state index in [1.165, 1.54) is 12.8 Å². The third-order valence-electron chi connectivity index (χ3n) is 2.70. The Morgan fingerprint density at radius 3 is 3.00 bits per heavy atom. The number of fused-ring (bicyclic) bond motifs is 1. The number of aromatic nitrogens is 3. The molecule has 0 spiro atoms. The summed E-state index contributed by atoms with van der Waals surface area (Å²) < 4.78 is 2.07. The summed E-state index contributed by atoms with van der Waals surface area (Å²) in [6.07, 6.45) is 4.50. The van der Waals surface area contributed by atoms with Gasteiger partial charge in [0.05, 0.1) is 0 Å². The summed E-state index contributed by atoms with van der Waals surface area (Å²) in [4.78, 5) is 0. The number of nitrogens with two attached hydrogens (primary N) is 1. The van der Waals surface area contributed by atoms with Crippen molar-refractivity contribution >= 4 is 5.65 Å². The molecule has 1 saturated carbocycles. The lowest BCUT2D eigenvalue weighted by Gasteiger charge is -2.00. The number of hydrogen-bond acceptors (Lipinski definition) is 3. The van der Waals surface area contributed by atoms with Crippen molar-refractivity contribution in [3.63, 3.8) is 0 Å². The average Bonchev–Trinajstić information content (AvgIpc) is 2.97. The van der Waals surface area contributed by atoms with Crippen molar-refractivity contribution < 1.29 is 0 Å². The Hall–Kier alpha value is -1.42. The minimum Gasteiger partial charge on any atom is -0.326 e. The SMILES string of the molecule is NCc1cccn2c(C3CC3)nnc12. The van der Waals surface area contributed by atoms with E-state index in [4.69, 9.17) is 5.73 Å². The van der Waals surface area contributed by atoms with Crippen LogP contribution >= 0.6 is 0 Å². The number of pyridine rings is 1. The summed E-state index contributed by atoms with van der Waals surface area (Å²) in [7, 11) is 0. The van der Waals surface area contributed by atoms with Crippen LogP contribution in [0.5, 0.6) is 0 Å². The standard InChI is InChI=1S/C10H12N4/c11-6-8-2-1-5-14-9(7-3-4-7)12-13-10(8)14/h1-2,5,7H,3-4,6,11H2. The lowest BCUT2D eigenvalue weighted by molar-refractivity contribution is 0.896. The van der Waals surface area contributed by atoms with Crippen molar-refractivity contribution in [2.75, 3.05) is 0 Å². The van der Waals surface area contributed by atoms with Crippen LogP contribution in [-0.2, 0) is 6.54 Å². The van der Waals surface area contributed by atoms with E-state index >= 15 is 0 Å². The zero-order valence-corrected chi connectivity index (χ0v) is 7.85. The highest BCUT2D eigenvalue weighted by molar-refractivity contribution is 5.47. The van der Waals surface area contributed by atoms with Crippen molar-refractivity contribution in [1.82, 2.24) is 14.6 Å². The highest BCUT2D eigenvalue weighted by Crippen LogP contribution is 2.38. The minimum atomic E-state index is 0.521. The maximum atomic E-state index is 5.64.